The van der Waals surface area contributed by atoms with Gasteiger partial charge >= 0.3 is 0 Å². The number of benzene rings is 1. The topological polar surface area (TPSA) is 102 Å². The highest BCUT2D eigenvalue weighted by molar-refractivity contribution is 6.30. The molecule has 0 bridgehead atoms. The van der Waals surface area contributed by atoms with Gasteiger partial charge < -0.3 is 15.0 Å². The maximum Gasteiger partial charge on any atom is 0.292 e. The third-order valence-electron chi connectivity index (χ3n) is 3.70. The van der Waals surface area contributed by atoms with Crippen LogP contribution in [0.2, 0.25) is 5.02 Å². The lowest BCUT2D eigenvalue weighted by Crippen LogP contribution is -2.25. The minimum atomic E-state index is -0.460. The van der Waals surface area contributed by atoms with E-state index in [4.69, 9.17) is 11.6 Å². The summed E-state index contributed by atoms with van der Waals surface area (Å²) in [5, 5.41) is 17.2. The molecule has 3 rings (SSSR count). The number of hydrogen-bond donors (Lipinski definition) is 2. The van der Waals surface area contributed by atoms with Gasteiger partial charge in [-0.3, -0.25) is 14.9 Å². The molecule has 0 spiro atoms. The number of aromatic nitrogens is 2. The van der Waals surface area contributed by atoms with E-state index in [0.717, 1.165) is 5.65 Å². The van der Waals surface area contributed by atoms with E-state index in [0.29, 0.717) is 22.9 Å². The average molecular weight is 374 g/mol. The first kappa shape index (κ1) is 17.7. The van der Waals surface area contributed by atoms with Crippen molar-refractivity contribution >= 4 is 34.5 Å². The normalized spacial score (nSPS) is 10.7. The first-order valence-corrected chi connectivity index (χ1v) is 8.28. The Morgan fingerprint density at radius 1 is 1.23 bits per heavy atom. The lowest BCUT2D eigenvalue weighted by Gasteiger charge is -2.07. The van der Waals surface area contributed by atoms with Crippen LogP contribution in [0.25, 0.3) is 5.65 Å². The largest absolute Gasteiger partial charge is 0.379 e. The van der Waals surface area contributed by atoms with Crippen molar-refractivity contribution in [1.29, 1.82) is 0 Å². The van der Waals surface area contributed by atoms with Crippen molar-refractivity contribution in [3.8, 4) is 0 Å². The summed E-state index contributed by atoms with van der Waals surface area (Å²) in [6, 6.07) is 9.87. The van der Waals surface area contributed by atoms with Gasteiger partial charge in [-0.1, -0.05) is 23.7 Å². The Kier molecular flexibility index (Phi) is 5.33. The van der Waals surface area contributed by atoms with E-state index in [1.54, 1.807) is 47.1 Å². The molecule has 8 nitrogen and oxygen atoms in total. The van der Waals surface area contributed by atoms with Gasteiger partial charge in [0.25, 0.3) is 5.69 Å². The Bertz CT molecular complexity index is 956. The third-order valence-corrected chi connectivity index (χ3v) is 3.92. The number of amides is 1. The van der Waals surface area contributed by atoms with Crippen LogP contribution >= 0.6 is 11.6 Å². The van der Waals surface area contributed by atoms with E-state index >= 15 is 0 Å². The number of pyridine rings is 1. The van der Waals surface area contributed by atoms with Gasteiger partial charge in [-0.25, -0.2) is 4.98 Å². The van der Waals surface area contributed by atoms with Crippen molar-refractivity contribution in [2.45, 2.75) is 13.0 Å². The molecule has 0 radical (unpaired) electrons. The SMILES string of the molecule is O=C(CCNc1ccccc1[N+](=O)[O-])NCc1cn2cc(Cl)ccc2n1. The van der Waals surface area contributed by atoms with E-state index in [-0.39, 0.29) is 24.6 Å². The number of carbonyl (C=O) groups is 1. The standard InChI is InChI=1S/C17H16ClN5O3/c18-12-5-6-16-21-13(11-22(16)10-12)9-20-17(24)7-8-19-14-3-1-2-4-15(14)23(25)26/h1-6,10-11,19H,7-9H2,(H,20,24). The molecule has 0 aliphatic carbocycles. The van der Waals surface area contributed by atoms with E-state index in [1.165, 1.54) is 6.07 Å². The van der Waals surface area contributed by atoms with Crippen molar-refractivity contribution in [1.82, 2.24) is 14.7 Å². The van der Waals surface area contributed by atoms with Crippen LogP contribution in [0.3, 0.4) is 0 Å². The number of nitro benzene ring substituents is 1. The Balaban J connectivity index is 1.49. The van der Waals surface area contributed by atoms with Gasteiger partial charge in [-0.15, -0.1) is 0 Å². The van der Waals surface area contributed by atoms with Gasteiger partial charge in [-0.05, 0) is 18.2 Å². The summed E-state index contributed by atoms with van der Waals surface area (Å²) < 4.78 is 1.79. The third kappa shape index (κ3) is 4.28. The second-order valence-corrected chi connectivity index (χ2v) is 6.01. The van der Waals surface area contributed by atoms with Crippen LogP contribution in [0.15, 0.2) is 48.8 Å². The summed E-state index contributed by atoms with van der Waals surface area (Å²) in [6.07, 6.45) is 3.73. The fourth-order valence-corrected chi connectivity index (χ4v) is 2.64. The fourth-order valence-electron chi connectivity index (χ4n) is 2.47. The maximum atomic E-state index is 12.0. The predicted octanol–water partition coefficient (Wildman–Crippen LogP) is 3.01. The molecule has 2 aromatic heterocycles. The minimum Gasteiger partial charge on any atom is -0.379 e. The molecule has 2 N–H and O–H groups in total. The molecule has 9 heteroatoms. The number of carbonyl (C=O) groups excluding carboxylic acids is 1. The van der Waals surface area contributed by atoms with Crippen LogP contribution in [0, 0.1) is 10.1 Å². The second-order valence-electron chi connectivity index (χ2n) is 5.57. The molecule has 0 aliphatic heterocycles. The lowest BCUT2D eigenvalue weighted by molar-refractivity contribution is -0.384. The zero-order valence-electron chi connectivity index (χ0n) is 13.7. The molecule has 3 aromatic rings. The molecule has 0 fully saturated rings. The van der Waals surface area contributed by atoms with Gasteiger partial charge in [0.05, 0.1) is 22.2 Å². The smallest absolute Gasteiger partial charge is 0.292 e. The highest BCUT2D eigenvalue weighted by atomic mass is 35.5. The Hall–Kier alpha value is -3.13. The van der Waals surface area contributed by atoms with Gasteiger partial charge in [0, 0.05) is 31.4 Å². The number of para-hydroxylation sites is 2. The molecule has 1 amide bonds. The molecule has 2 heterocycles. The Labute approximate surface area is 154 Å². The molecule has 0 saturated carbocycles. The molecule has 0 saturated heterocycles. The van der Waals surface area contributed by atoms with Gasteiger partial charge in [-0.2, -0.15) is 0 Å². The van der Waals surface area contributed by atoms with Crippen molar-refractivity contribution in [3.63, 3.8) is 0 Å². The quantitative estimate of drug-likeness (QED) is 0.489. The number of nitrogens with zero attached hydrogens (tertiary/aromatic N) is 3. The van der Waals surface area contributed by atoms with Gasteiger partial charge in [0.1, 0.15) is 11.3 Å². The second kappa shape index (κ2) is 7.83. The molecule has 0 atom stereocenters. The molecule has 1 aromatic carbocycles. The number of nitrogens with one attached hydrogen (secondary N) is 2. The summed E-state index contributed by atoms with van der Waals surface area (Å²) in [6.45, 7) is 0.584. The van der Waals surface area contributed by atoms with Crippen LogP contribution in [0.4, 0.5) is 11.4 Å². The first-order chi connectivity index (χ1) is 12.5. The molecule has 26 heavy (non-hydrogen) atoms. The highest BCUT2D eigenvalue weighted by Gasteiger charge is 2.12. The number of fused-ring (bicyclic) bond motifs is 1. The van der Waals surface area contributed by atoms with E-state index in [2.05, 4.69) is 15.6 Å². The van der Waals surface area contributed by atoms with Crippen LogP contribution < -0.4 is 10.6 Å². The minimum absolute atomic E-state index is 0.0173. The van der Waals surface area contributed by atoms with Crippen molar-refractivity contribution in [3.05, 3.63) is 69.6 Å². The number of halogens is 1. The number of rotatable bonds is 7. The zero-order valence-corrected chi connectivity index (χ0v) is 14.4. The summed E-state index contributed by atoms with van der Waals surface area (Å²) in [7, 11) is 0. The molecule has 0 aliphatic rings. The summed E-state index contributed by atoms with van der Waals surface area (Å²) in [4.78, 5) is 26.8. The summed E-state index contributed by atoms with van der Waals surface area (Å²) in [5.74, 6) is -0.175. The zero-order chi connectivity index (χ0) is 18.5. The highest BCUT2D eigenvalue weighted by Crippen LogP contribution is 2.22. The fraction of sp³-hybridized carbons (Fsp3) is 0.176. The van der Waals surface area contributed by atoms with Crippen molar-refractivity contribution in [2.75, 3.05) is 11.9 Å². The monoisotopic (exact) mass is 373 g/mol. The van der Waals surface area contributed by atoms with Crippen LogP contribution in [-0.2, 0) is 11.3 Å². The maximum absolute atomic E-state index is 12.0. The predicted molar refractivity (Wildman–Crippen MR) is 98.3 cm³/mol. The van der Waals surface area contributed by atoms with Crippen molar-refractivity contribution < 1.29 is 9.72 Å². The molecular formula is C17H16ClN5O3. The molecular weight excluding hydrogens is 358 g/mol. The van der Waals surface area contributed by atoms with Crippen LogP contribution in [0.1, 0.15) is 12.1 Å². The lowest BCUT2D eigenvalue weighted by atomic mass is 10.2. The Morgan fingerprint density at radius 3 is 2.85 bits per heavy atom. The number of nitro groups is 1. The summed E-state index contributed by atoms with van der Waals surface area (Å²) >= 11 is 5.93. The average Bonchev–Trinajstić information content (AvgIpc) is 3.02. The number of anilines is 1. The number of hydrogen-bond acceptors (Lipinski definition) is 5. The van der Waals surface area contributed by atoms with Crippen molar-refractivity contribution in [2.24, 2.45) is 0 Å². The van der Waals surface area contributed by atoms with Crippen LogP contribution in [-0.4, -0.2) is 26.8 Å². The first-order valence-electron chi connectivity index (χ1n) is 7.90. The molecule has 134 valence electrons. The van der Waals surface area contributed by atoms with E-state index in [9.17, 15) is 14.9 Å². The van der Waals surface area contributed by atoms with Gasteiger partial charge in [0.15, 0.2) is 0 Å². The Morgan fingerprint density at radius 2 is 2.04 bits per heavy atom. The van der Waals surface area contributed by atoms with E-state index in [1.807, 2.05) is 0 Å². The number of imidazole rings is 1. The van der Waals surface area contributed by atoms with Gasteiger partial charge in [0.2, 0.25) is 5.91 Å². The van der Waals surface area contributed by atoms with Crippen LogP contribution in [0.5, 0.6) is 0 Å². The van der Waals surface area contributed by atoms with E-state index < -0.39 is 4.92 Å². The summed E-state index contributed by atoms with van der Waals surface area (Å²) in [5.41, 5.74) is 1.84. The molecule has 0 unspecified atom stereocenters.